The summed E-state index contributed by atoms with van der Waals surface area (Å²) in [5, 5.41) is 2.93. The topological polar surface area (TPSA) is 29.1 Å². The van der Waals surface area contributed by atoms with Gasteiger partial charge in [0.2, 0.25) is 5.91 Å². The predicted molar refractivity (Wildman–Crippen MR) is 60.4 cm³/mol. The molecule has 1 aliphatic rings. The zero-order valence-electron chi connectivity index (χ0n) is 9.59. The molecule has 2 unspecified atom stereocenters. The summed E-state index contributed by atoms with van der Waals surface area (Å²) >= 11 is 0. The van der Waals surface area contributed by atoms with Crippen LogP contribution >= 0.6 is 0 Å². The zero-order valence-corrected chi connectivity index (χ0v) is 9.59. The van der Waals surface area contributed by atoms with Crippen molar-refractivity contribution in [3.05, 3.63) is 35.6 Å². The molecule has 1 saturated heterocycles. The normalized spacial score (nSPS) is 29.2. The Morgan fingerprint density at radius 1 is 1.44 bits per heavy atom. The Labute approximate surface area is 94.9 Å². The number of carbonyl (C=O) groups is 1. The SMILES string of the molecule is CC1NC(=O)CC1(C)Cc1ccc(F)cc1. The average Bonchev–Trinajstić information content (AvgIpc) is 2.44. The molecular formula is C13H16FNO. The Hall–Kier alpha value is -1.38. The minimum Gasteiger partial charge on any atom is -0.353 e. The van der Waals surface area contributed by atoms with Crippen molar-refractivity contribution >= 4 is 5.91 Å². The van der Waals surface area contributed by atoms with Crippen LogP contribution in [-0.2, 0) is 11.2 Å². The van der Waals surface area contributed by atoms with Crippen molar-refractivity contribution in [3.63, 3.8) is 0 Å². The van der Waals surface area contributed by atoms with E-state index in [0.29, 0.717) is 6.42 Å². The Morgan fingerprint density at radius 3 is 2.56 bits per heavy atom. The molecule has 1 aromatic rings. The van der Waals surface area contributed by atoms with E-state index in [1.165, 1.54) is 12.1 Å². The summed E-state index contributed by atoms with van der Waals surface area (Å²) in [5.74, 6) is -0.111. The molecule has 16 heavy (non-hydrogen) atoms. The minimum atomic E-state index is -0.220. The molecule has 86 valence electrons. The number of carbonyl (C=O) groups excluding carboxylic acids is 1. The van der Waals surface area contributed by atoms with Crippen LogP contribution in [0.15, 0.2) is 24.3 Å². The maximum Gasteiger partial charge on any atom is 0.220 e. The third-order valence-electron chi connectivity index (χ3n) is 3.51. The smallest absolute Gasteiger partial charge is 0.220 e. The van der Waals surface area contributed by atoms with E-state index in [9.17, 15) is 9.18 Å². The van der Waals surface area contributed by atoms with Crippen LogP contribution in [0.2, 0.25) is 0 Å². The fourth-order valence-electron chi connectivity index (χ4n) is 2.27. The molecule has 0 spiro atoms. The molecule has 0 aromatic heterocycles. The summed E-state index contributed by atoms with van der Waals surface area (Å²) in [7, 11) is 0. The lowest BCUT2D eigenvalue weighted by molar-refractivity contribution is -0.119. The van der Waals surface area contributed by atoms with Gasteiger partial charge in [0.25, 0.3) is 0 Å². The molecule has 1 amide bonds. The van der Waals surface area contributed by atoms with Crippen molar-refractivity contribution in [2.24, 2.45) is 5.41 Å². The molecule has 1 aliphatic heterocycles. The van der Waals surface area contributed by atoms with Crippen LogP contribution in [0.3, 0.4) is 0 Å². The zero-order chi connectivity index (χ0) is 11.8. The Balaban J connectivity index is 2.15. The first-order valence-electron chi connectivity index (χ1n) is 5.53. The predicted octanol–water partition coefficient (Wildman–Crippen LogP) is 2.28. The van der Waals surface area contributed by atoms with Crippen LogP contribution in [0.5, 0.6) is 0 Å². The first kappa shape index (κ1) is 11.1. The highest BCUT2D eigenvalue weighted by atomic mass is 19.1. The van der Waals surface area contributed by atoms with Gasteiger partial charge in [-0.25, -0.2) is 4.39 Å². The van der Waals surface area contributed by atoms with Gasteiger partial charge in [-0.2, -0.15) is 0 Å². The van der Waals surface area contributed by atoms with Gasteiger partial charge < -0.3 is 5.32 Å². The number of benzene rings is 1. The van der Waals surface area contributed by atoms with Crippen LogP contribution in [-0.4, -0.2) is 11.9 Å². The molecule has 2 atom stereocenters. The molecule has 1 heterocycles. The minimum absolute atomic E-state index is 0.0606. The lowest BCUT2D eigenvalue weighted by Crippen LogP contribution is -2.33. The molecule has 0 radical (unpaired) electrons. The molecular weight excluding hydrogens is 205 g/mol. The average molecular weight is 221 g/mol. The largest absolute Gasteiger partial charge is 0.353 e. The van der Waals surface area contributed by atoms with Crippen molar-refractivity contribution < 1.29 is 9.18 Å². The number of hydrogen-bond donors (Lipinski definition) is 1. The van der Waals surface area contributed by atoms with Gasteiger partial charge in [0.05, 0.1) is 0 Å². The van der Waals surface area contributed by atoms with E-state index in [1.807, 2.05) is 6.92 Å². The molecule has 0 bridgehead atoms. The lowest BCUT2D eigenvalue weighted by Gasteiger charge is -2.27. The Bertz CT molecular complexity index is 401. The highest BCUT2D eigenvalue weighted by Crippen LogP contribution is 2.34. The first-order chi connectivity index (χ1) is 7.49. The van der Waals surface area contributed by atoms with Crippen LogP contribution in [0.1, 0.15) is 25.8 Å². The number of halogens is 1. The Kier molecular flexibility index (Phi) is 2.70. The summed E-state index contributed by atoms with van der Waals surface area (Å²) in [6.45, 7) is 4.12. The Morgan fingerprint density at radius 2 is 2.06 bits per heavy atom. The third-order valence-corrected chi connectivity index (χ3v) is 3.51. The molecule has 0 aliphatic carbocycles. The monoisotopic (exact) mass is 221 g/mol. The maximum absolute atomic E-state index is 12.8. The van der Waals surface area contributed by atoms with E-state index >= 15 is 0 Å². The van der Waals surface area contributed by atoms with E-state index in [4.69, 9.17) is 0 Å². The van der Waals surface area contributed by atoms with Crippen molar-refractivity contribution in [3.8, 4) is 0 Å². The van der Waals surface area contributed by atoms with E-state index in [2.05, 4.69) is 12.2 Å². The summed E-state index contributed by atoms with van der Waals surface area (Å²) in [5.41, 5.74) is 1.02. The third kappa shape index (κ3) is 2.08. The maximum atomic E-state index is 12.8. The number of hydrogen-bond acceptors (Lipinski definition) is 1. The molecule has 1 fully saturated rings. The van der Waals surface area contributed by atoms with Crippen molar-refractivity contribution in [2.45, 2.75) is 32.7 Å². The van der Waals surface area contributed by atoms with Gasteiger partial charge >= 0.3 is 0 Å². The molecule has 1 N–H and O–H groups in total. The van der Waals surface area contributed by atoms with Gasteiger partial charge in [-0.05, 0) is 31.0 Å². The first-order valence-corrected chi connectivity index (χ1v) is 5.53. The summed E-state index contributed by atoms with van der Waals surface area (Å²) in [6.07, 6.45) is 1.35. The van der Waals surface area contributed by atoms with E-state index < -0.39 is 0 Å². The molecule has 1 aromatic carbocycles. The second-order valence-electron chi connectivity index (χ2n) is 4.92. The second-order valence-corrected chi connectivity index (χ2v) is 4.92. The summed E-state index contributed by atoms with van der Waals surface area (Å²) < 4.78 is 12.8. The summed E-state index contributed by atoms with van der Waals surface area (Å²) in [6, 6.07) is 6.68. The fourth-order valence-corrected chi connectivity index (χ4v) is 2.27. The van der Waals surface area contributed by atoms with Crippen molar-refractivity contribution in [1.29, 1.82) is 0 Å². The van der Waals surface area contributed by atoms with Gasteiger partial charge in [0, 0.05) is 17.9 Å². The fraction of sp³-hybridized carbons (Fsp3) is 0.462. The lowest BCUT2D eigenvalue weighted by atomic mass is 9.78. The van der Waals surface area contributed by atoms with Gasteiger partial charge in [-0.1, -0.05) is 19.1 Å². The highest BCUT2D eigenvalue weighted by molar-refractivity contribution is 5.79. The molecule has 3 heteroatoms. The van der Waals surface area contributed by atoms with E-state index in [0.717, 1.165) is 12.0 Å². The standard InChI is InChI=1S/C13H16FNO/c1-9-13(2,8-12(16)15-9)7-10-3-5-11(14)6-4-10/h3-6,9H,7-8H2,1-2H3,(H,15,16). The highest BCUT2D eigenvalue weighted by Gasteiger charge is 2.40. The molecule has 2 nitrogen and oxygen atoms in total. The van der Waals surface area contributed by atoms with Crippen LogP contribution in [0, 0.1) is 11.2 Å². The van der Waals surface area contributed by atoms with Gasteiger partial charge in [-0.3, -0.25) is 4.79 Å². The quantitative estimate of drug-likeness (QED) is 0.815. The van der Waals surface area contributed by atoms with E-state index in [-0.39, 0.29) is 23.2 Å². The van der Waals surface area contributed by atoms with Gasteiger partial charge in [-0.15, -0.1) is 0 Å². The number of amides is 1. The van der Waals surface area contributed by atoms with Gasteiger partial charge in [0.1, 0.15) is 5.82 Å². The van der Waals surface area contributed by atoms with Gasteiger partial charge in [0.15, 0.2) is 0 Å². The van der Waals surface area contributed by atoms with E-state index in [1.54, 1.807) is 12.1 Å². The molecule has 0 saturated carbocycles. The molecule has 2 rings (SSSR count). The van der Waals surface area contributed by atoms with Crippen molar-refractivity contribution in [2.75, 3.05) is 0 Å². The summed E-state index contributed by atoms with van der Waals surface area (Å²) in [4.78, 5) is 11.3. The van der Waals surface area contributed by atoms with Crippen LogP contribution < -0.4 is 5.32 Å². The number of nitrogens with one attached hydrogen (secondary N) is 1. The second kappa shape index (κ2) is 3.89. The number of rotatable bonds is 2. The van der Waals surface area contributed by atoms with Crippen LogP contribution in [0.25, 0.3) is 0 Å². The van der Waals surface area contributed by atoms with Crippen molar-refractivity contribution in [1.82, 2.24) is 5.32 Å². The van der Waals surface area contributed by atoms with Crippen LogP contribution in [0.4, 0.5) is 4.39 Å².